The predicted octanol–water partition coefficient (Wildman–Crippen LogP) is 3.41. The molecule has 7 nitrogen and oxygen atoms in total. The van der Waals surface area contributed by atoms with Crippen molar-refractivity contribution in [3.05, 3.63) is 51.8 Å². The lowest BCUT2D eigenvalue weighted by Crippen LogP contribution is -2.50. The van der Waals surface area contributed by atoms with Crippen LogP contribution in [0, 0.1) is 31.1 Å². The summed E-state index contributed by atoms with van der Waals surface area (Å²) in [7, 11) is 0. The van der Waals surface area contributed by atoms with Crippen molar-refractivity contribution in [2.24, 2.45) is 5.92 Å². The minimum absolute atomic E-state index is 0.0975. The third kappa shape index (κ3) is 5.15. The minimum Gasteiger partial charge on any atom is -0.452 e. The number of amides is 1. The molecule has 0 aliphatic rings. The number of carbonyl (C=O) groups is 2. The molecule has 1 aromatic heterocycles. The highest BCUT2D eigenvalue weighted by molar-refractivity contribution is 6.31. The average Bonchev–Trinajstić information content (AvgIpc) is 2.94. The van der Waals surface area contributed by atoms with E-state index in [0.717, 1.165) is 5.56 Å². The standard InChI is InChI=1S/C21H25ClN4O3/c1-13(2)21(5,12-23)24-18(27)11-29-20(28)19-14(3)25-26(15(19)4)10-16-8-6-7-9-17(16)22/h6-9,13H,10-11H2,1-5H3,(H,24,27)/t21-/m0/s1. The molecule has 1 heterocycles. The topological polar surface area (TPSA) is 97.0 Å². The van der Waals surface area contributed by atoms with Crippen molar-refractivity contribution in [3.63, 3.8) is 0 Å². The van der Waals surface area contributed by atoms with Gasteiger partial charge in [-0.1, -0.05) is 43.6 Å². The quantitative estimate of drug-likeness (QED) is 0.697. The van der Waals surface area contributed by atoms with Gasteiger partial charge in [0.05, 0.1) is 24.0 Å². The van der Waals surface area contributed by atoms with E-state index < -0.39 is 24.0 Å². The first-order valence-electron chi connectivity index (χ1n) is 9.25. The van der Waals surface area contributed by atoms with Crippen LogP contribution in [0.3, 0.4) is 0 Å². The highest BCUT2D eigenvalue weighted by Gasteiger charge is 2.30. The van der Waals surface area contributed by atoms with Crippen LogP contribution in [-0.2, 0) is 16.1 Å². The van der Waals surface area contributed by atoms with Crippen LogP contribution >= 0.6 is 11.6 Å². The number of rotatable bonds is 7. The van der Waals surface area contributed by atoms with Crippen LogP contribution in [0.1, 0.15) is 48.1 Å². The van der Waals surface area contributed by atoms with Gasteiger partial charge >= 0.3 is 5.97 Å². The van der Waals surface area contributed by atoms with Gasteiger partial charge < -0.3 is 10.1 Å². The molecule has 0 fully saturated rings. The van der Waals surface area contributed by atoms with Gasteiger partial charge in [-0.05, 0) is 38.3 Å². The summed E-state index contributed by atoms with van der Waals surface area (Å²) in [4.78, 5) is 24.7. The van der Waals surface area contributed by atoms with Gasteiger partial charge in [-0.3, -0.25) is 9.48 Å². The van der Waals surface area contributed by atoms with E-state index in [2.05, 4.69) is 16.5 Å². The predicted molar refractivity (Wildman–Crippen MR) is 110 cm³/mol. The van der Waals surface area contributed by atoms with Crippen molar-refractivity contribution in [1.82, 2.24) is 15.1 Å². The number of ether oxygens (including phenoxy) is 1. The highest BCUT2D eigenvalue weighted by atomic mass is 35.5. The molecule has 1 amide bonds. The Labute approximate surface area is 175 Å². The van der Waals surface area contributed by atoms with Crippen molar-refractivity contribution >= 4 is 23.5 Å². The molecule has 0 bridgehead atoms. The Kier molecular flexibility index (Phi) is 7.04. The van der Waals surface area contributed by atoms with E-state index in [1.165, 1.54) is 0 Å². The lowest BCUT2D eigenvalue weighted by Gasteiger charge is -2.27. The molecular formula is C21H25ClN4O3. The molecule has 0 radical (unpaired) electrons. The number of nitriles is 1. The molecule has 154 valence electrons. The zero-order valence-electron chi connectivity index (χ0n) is 17.2. The summed E-state index contributed by atoms with van der Waals surface area (Å²) in [6.07, 6.45) is 0. The van der Waals surface area contributed by atoms with Crippen LogP contribution in [0.4, 0.5) is 0 Å². The van der Waals surface area contributed by atoms with Gasteiger partial charge in [0, 0.05) is 5.02 Å². The number of benzene rings is 1. The van der Waals surface area contributed by atoms with Crippen LogP contribution < -0.4 is 5.32 Å². The fourth-order valence-corrected chi connectivity index (χ4v) is 2.96. The summed E-state index contributed by atoms with van der Waals surface area (Å²) >= 11 is 6.21. The number of nitrogens with zero attached hydrogens (tertiary/aromatic N) is 3. The first kappa shape index (κ1) is 22.4. The second kappa shape index (κ2) is 9.10. The van der Waals surface area contributed by atoms with E-state index in [1.807, 2.05) is 32.0 Å². The number of halogens is 1. The van der Waals surface area contributed by atoms with Crippen LogP contribution in [0.2, 0.25) is 5.02 Å². The summed E-state index contributed by atoms with van der Waals surface area (Å²) in [5, 5.41) is 16.9. The lowest BCUT2D eigenvalue weighted by atomic mass is 9.90. The zero-order valence-corrected chi connectivity index (χ0v) is 18.0. The van der Waals surface area contributed by atoms with E-state index in [9.17, 15) is 14.9 Å². The van der Waals surface area contributed by atoms with Crippen LogP contribution in [-0.4, -0.2) is 33.8 Å². The molecule has 0 unspecified atom stereocenters. The SMILES string of the molecule is Cc1nn(Cc2ccccc2Cl)c(C)c1C(=O)OCC(=O)N[C@@](C)(C#N)C(C)C. The van der Waals surface area contributed by atoms with Gasteiger partial charge in [0.2, 0.25) is 0 Å². The van der Waals surface area contributed by atoms with Gasteiger partial charge in [0.15, 0.2) is 6.61 Å². The Balaban J connectivity index is 2.08. The second-order valence-corrected chi connectivity index (χ2v) is 7.80. The first-order valence-corrected chi connectivity index (χ1v) is 9.63. The number of carbonyl (C=O) groups excluding carboxylic acids is 2. The Bertz CT molecular complexity index is 961. The third-order valence-electron chi connectivity index (χ3n) is 4.98. The molecule has 0 aliphatic heterocycles. The molecular weight excluding hydrogens is 392 g/mol. The van der Waals surface area contributed by atoms with E-state index >= 15 is 0 Å². The molecule has 1 aromatic carbocycles. The van der Waals surface area contributed by atoms with Gasteiger partial charge in [-0.25, -0.2) is 4.79 Å². The number of nitrogens with one attached hydrogen (secondary N) is 1. The van der Waals surface area contributed by atoms with Crippen molar-refractivity contribution < 1.29 is 14.3 Å². The van der Waals surface area contributed by atoms with Crippen LogP contribution in [0.5, 0.6) is 0 Å². The summed E-state index contributed by atoms with van der Waals surface area (Å²) < 4.78 is 6.85. The van der Waals surface area contributed by atoms with E-state index in [-0.39, 0.29) is 5.92 Å². The molecule has 1 N–H and O–H groups in total. The highest BCUT2D eigenvalue weighted by Crippen LogP contribution is 2.20. The number of hydrogen-bond donors (Lipinski definition) is 1. The Hall–Kier alpha value is -2.85. The van der Waals surface area contributed by atoms with Crippen molar-refractivity contribution in [2.75, 3.05) is 6.61 Å². The summed E-state index contributed by atoms with van der Waals surface area (Å²) in [6.45, 7) is 8.69. The van der Waals surface area contributed by atoms with Gasteiger partial charge in [-0.15, -0.1) is 0 Å². The number of esters is 1. The Morgan fingerprint density at radius 1 is 1.34 bits per heavy atom. The fourth-order valence-electron chi connectivity index (χ4n) is 2.76. The monoisotopic (exact) mass is 416 g/mol. The summed E-state index contributed by atoms with van der Waals surface area (Å²) in [6, 6.07) is 9.49. The molecule has 1 atom stereocenters. The summed E-state index contributed by atoms with van der Waals surface area (Å²) in [5.41, 5.74) is 1.29. The van der Waals surface area contributed by atoms with Crippen LogP contribution in [0.25, 0.3) is 0 Å². The maximum absolute atomic E-state index is 12.5. The van der Waals surface area contributed by atoms with E-state index in [0.29, 0.717) is 28.5 Å². The molecule has 0 spiro atoms. The smallest absolute Gasteiger partial charge is 0.342 e. The van der Waals surface area contributed by atoms with Crippen molar-refractivity contribution in [3.8, 4) is 6.07 Å². The third-order valence-corrected chi connectivity index (χ3v) is 5.35. The first-order chi connectivity index (χ1) is 13.6. The van der Waals surface area contributed by atoms with Crippen molar-refractivity contribution in [2.45, 2.75) is 46.7 Å². The van der Waals surface area contributed by atoms with E-state index in [1.54, 1.807) is 31.5 Å². The largest absolute Gasteiger partial charge is 0.452 e. The zero-order chi connectivity index (χ0) is 21.8. The normalized spacial score (nSPS) is 12.9. The average molecular weight is 417 g/mol. The Morgan fingerprint density at radius 3 is 2.59 bits per heavy atom. The van der Waals surface area contributed by atoms with Gasteiger partial charge in [0.25, 0.3) is 5.91 Å². The minimum atomic E-state index is -1.03. The van der Waals surface area contributed by atoms with E-state index in [4.69, 9.17) is 16.3 Å². The number of aromatic nitrogens is 2. The summed E-state index contributed by atoms with van der Waals surface area (Å²) in [5.74, 6) is -1.27. The molecule has 0 saturated carbocycles. The number of aryl methyl sites for hydroxylation is 1. The van der Waals surface area contributed by atoms with Crippen molar-refractivity contribution in [1.29, 1.82) is 5.26 Å². The van der Waals surface area contributed by atoms with Gasteiger partial charge in [0.1, 0.15) is 11.1 Å². The fraction of sp³-hybridized carbons (Fsp3) is 0.429. The molecule has 2 aromatic rings. The number of hydrogen-bond acceptors (Lipinski definition) is 5. The molecule has 29 heavy (non-hydrogen) atoms. The Morgan fingerprint density at radius 2 is 2.00 bits per heavy atom. The lowest BCUT2D eigenvalue weighted by molar-refractivity contribution is -0.125. The molecule has 2 rings (SSSR count). The maximum Gasteiger partial charge on any atom is 0.342 e. The second-order valence-electron chi connectivity index (χ2n) is 7.39. The van der Waals surface area contributed by atoms with Gasteiger partial charge in [-0.2, -0.15) is 10.4 Å². The molecule has 0 saturated heterocycles. The molecule has 0 aliphatic carbocycles. The van der Waals surface area contributed by atoms with Crippen LogP contribution in [0.15, 0.2) is 24.3 Å². The maximum atomic E-state index is 12.5. The molecule has 8 heteroatoms.